The number of nitrogens with one attached hydrogen (secondary N) is 1. The van der Waals surface area contributed by atoms with Crippen LogP contribution in [0.2, 0.25) is 0 Å². The fraction of sp³-hybridized carbons (Fsp3) is 0.0417. The number of hydrogen-bond donors (Lipinski definition) is 1. The summed E-state index contributed by atoms with van der Waals surface area (Å²) in [7, 11) is 1.56. The second kappa shape index (κ2) is 7.33. The third-order valence-corrected chi connectivity index (χ3v) is 4.94. The first-order valence-electron chi connectivity index (χ1n) is 9.52. The molecule has 0 fully saturated rings. The molecular formula is C24H18N4O2. The van der Waals surface area contributed by atoms with Gasteiger partial charge in [-0.15, -0.1) is 10.2 Å². The van der Waals surface area contributed by atoms with E-state index in [1.54, 1.807) is 11.9 Å². The Balaban J connectivity index is 1.46. The van der Waals surface area contributed by atoms with E-state index in [4.69, 9.17) is 4.74 Å². The first-order valence-corrected chi connectivity index (χ1v) is 9.52. The molecule has 0 saturated carbocycles. The zero-order valence-corrected chi connectivity index (χ0v) is 16.2. The molecule has 1 aromatic heterocycles. The molecule has 0 radical (unpaired) electrons. The number of rotatable bonds is 4. The quantitative estimate of drug-likeness (QED) is 0.474. The smallest absolute Gasteiger partial charge is 0.259 e. The standard InChI is InChI=1S/C24H18N4O2/c1-30-23-14-17-8-6-5-7-16(17)13-20(23)24(29)25-18-11-12-21-22(15-18)27-28(26-21)19-9-3-2-4-10-19/h2-15H,1H3,(H,25,29). The third-order valence-electron chi connectivity index (χ3n) is 4.94. The Kier molecular flexibility index (Phi) is 4.37. The summed E-state index contributed by atoms with van der Waals surface area (Å²) in [6.45, 7) is 0. The van der Waals surface area contributed by atoms with Gasteiger partial charge in [-0.05, 0) is 53.2 Å². The molecule has 1 N–H and O–H groups in total. The Hall–Kier alpha value is -4.19. The first-order chi connectivity index (χ1) is 14.7. The van der Waals surface area contributed by atoms with E-state index in [1.807, 2.05) is 84.9 Å². The molecule has 0 atom stereocenters. The number of carbonyl (C=O) groups excluding carboxylic acids is 1. The van der Waals surface area contributed by atoms with Gasteiger partial charge in [0.2, 0.25) is 0 Å². The minimum Gasteiger partial charge on any atom is -0.496 e. The summed E-state index contributed by atoms with van der Waals surface area (Å²) in [4.78, 5) is 14.6. The second-order valence-corrected chi connectivity index (χ2v) is 6.88. The van der Waals surface area contributed by atoms with Gasteiger partial charge >= 0.3 is 0 Å². The number of fused-ring (bicyclic) bond motifs is 2. The van der Waals surface area contributed by atoms with Crippen LogP contribution in [-0.4, -0.2) is 28.0 Å². The number of nitrogens with zero attached hydrogens (tertiary/aromatic N) is 3. The van der Waals surface area contributed by atoms with Crippen molar-refractivity contribution in [3.8, 4) is 11.4 Å². The largest absolute Gasteiger partial charge is 0.496 e. The van der Waals surface area contributed by atoms with Gasteiger partial charge in [-0.2, -0.15) is 4.80 Å². The zero-order chi connectivity index (χ0) is 20.5. The van der Waals surface area contributed by atoms with Crippen LogP contribution in [0.1, 0.15) is 10.4 Å². The Morgan fingerprint density at radius 3 is 2.30 bits per heavy atom. The average molecular weight is 394 g/mol. The maximum atomic E-state index is 13.0. The topological polar surface area (TPSA) is 69.0 Å². The monoisotopic (exact) mass is 394 g/mol. The highest BCUT2D eigenvalue weighted by Crippen LogP contribution is 2.27. The molecule has 1 amide bonds. The number of carbonyl (C=O) groups is 1. The van der Waals surface area contributed by atoms with Crippen molar-refractivity contribution in [2.45, 2.75) is 0 Å². The van der Waals surface area contributed by atoms with Crippen molar-refractivity contribution < 1.29 is 9.53 Å². The molecule has 146 valence electrons. The lowest BCUT2D eigenvalue weighted by atomic mass is 10.1. The van der Waals surface area contributed by atoms with Crippen LogP contribution in [0.4, 0.5) is 5.69 Å². The Morgan fingerprint density at radius 2 is 1.53 bits per heavy atom. The number of benzene rings is 4. The summed E-state index contributed by atoms with van der Waals surface area (Å²) in [6, 6.07) is 26.7. The van der Waals surface area contributed by atoms with Gasteiger partial charge in [-0.25, -0.2) is 0 Å². The third kappa shape index (κ3) is 3.24. The molecule has 1 heterocycles. The van der Waals surface area contributed by atoms with Gasteiger partial charge in [0, 0.05) is 5.69 Å². The van der Waals surface area contributed by atoms with Crippen LogP contribution in [-0.2, 0) is 0 Å². The predicted octanol–water partition coefficient (Wildman–Crippen LogP) is 4.83. The van der Waals surface area contributed by atoms with E-state index >= 15 is 0 Å². The summed E-state index contributed by atoms with van der Waals surface area (Å²) in [5.41, 5.74) is 3.44. The molecular weight excluding hydrogens is 376 g/mol. The van der Waals surface area contributed by atoms with Gasteiger partial charge in [0.25, 0.3) is 5.91 Å². The first kappa shape index (κ1) is 17.9. The Bertz CT molecular complexity index is 1380. The lowest BCUT2D eigenvalue weighted by molar-refractivity contribution is 0.102. The fourth-order valence-electron chi connectivity index (χ4n) is 3.43. The highest BCUT2D eigenvalue weighted by Gasteiger charge is 2.15. The fourth-order valence-corrected chi connectivity index (χ4v) is 3.43. The van der Waals surface area contributed by atoms with E-state index in [9.17, 15) is 4.79 Å². The predicted molar refractivity (Wildman–Crippen MR) is 117 cm³/mol. The van der Waals surface area contributed by atoms with E-state index in [0.717, 1.165) is 22.0 Å². The second-order valence-electron chi connectivity index (χ2n) is 6.88. The molecule has 0 aliphatic heterocycles. The van der Waals surface area contributed by atoms with Gasteiger partial charge in [0.05, 0.1) is 18.4 Å². The minimum atomic E-state index is -0.243. The van der Waals surface area contributed by atoms with Crippen LogP contribution < -0.4 is 10.1 Å². The van der Waals surface area contributed by atoms with Crippen LogP contribution in [0.5, 0.6) is 5.75 Å². The summed E-state index contributed by atoms with van der Waals surface area (Å²) in [5, 5.41) is 14.0. The molecule has 5 aromatic rings. The lowest BCUT2D eigenvalue weighted by Gasteiger charge is -2.11. The molecule has 0 bridgehead atoms. The Morgan fingerprint density at radius 1 is 0.833 bits per heavy atom. The van der Waals surface area contributed by atoms with Crippen LogP contribution in [0.3, 0.4) is 0 Å². The molecule has 5 rings (SSSR count). The summed E-state index contributed by atoms with van der Waals surface area (Å²) >= 11 is 0. The van der Waals surface area contributed by atoms with Gasteiger partial charge in [-0.3, -0.25) is 4.79 Å². The molecule has 0 unspecified atom stereocenters. The van der Waals surface area contributed by atoms with Gasteiger partial charge in [-0.1, -0.05) is 42.5 Å². The molecule has 6 heteroatoms. The summed E-state index contributed by atoms with van der Waals surface area (Å²) < 4.78 is 5.45. The maximum absolute atomic E-state index is 13.0. The van der Waals surface area contributed by atoms with E-state index in [0.29, 0.717) is 22.5 Å². The normalized spacial score (nSPS) is 11.0. The lowest BCUT2D eigenvalue weighted by Crippen LogP contribution is -2.13. The van der Waals surface area contributed by atoms with Gasteiger partial charge in [0.15, 0.2) is 0 Å². The van der Waals surface area contributed by atoms with Crippen molar-refractivity contribution in [3.63, 3.8) is 0 Å². The summed E-state index contributed by atoms with van der Waals surface area (Å²) in [5.74, 6) is 0.287. The SMILES string of the molecule is COc1cc2ccccc2cc1C(=O)Nc1ccc2nn(-c3ccccc3)nc2c1. The molecule has 6 nitrogen and oxygen atoms in total. The van der Waals surface area contributed by atoms with Crippen LogP contribution in [0, 0.1) is 0 Å². The van der Waals surface area contributed by atoms with Crippen molar-refractivity contribution in [2.75, 3.05) is 12.4 Å². The van der Waals surface area contributed by atoms with E-state index in [-0.39, 0.29) is 5.91 Å². The highest BCUT2D eigenvalue weighted by molar-refractivity contribution is 6.09. The van der Waals surface area contributed by atoms with Crippen LogP contribution in [0.15, 0.2) is 84.9 Å². The molecule has 0 spiro atoms. The molecule has 30 heavy (non-hydrogen) atoms. The number of aromatic nitrogens is 3. The van der Waals surface area contributed by atoms with Crippen molar-refractivity contribution in [1.82, 2.24) is 15.0 Å². The van der Waals surface area contributed by atoms with Crippen molar-refractivity contribution in [1.29, 1.82) is 0 Å². The summed E-state index contributed by atoms with van der Waals surface area (Å²) in [6.07, 6.45) is 0. The molecule has 0 aliphatic rings. The minimum absolute atomic E-state index is 0.243. The highest BCUT2D eigenvalue weighted by atomic mass is 16.5. The number of anilines is 1. The van der Waals surface area contributed by atoms with Crippen molar-refractivity contribution in [3.05, 3.63) is 90.5 Å². The van der Waals surface area contributed by atoms with Crippen molar-refractivity contribution >= 4 is 33.4 Å². The number of methoxy groups -OCH3 is 1. The van der Waals surface area contributed by atoms with Gasteiger partial charge < -0.3 is 10.1 Å². The van der Waals surface area contributed by atoms with Crippen LogP contribution >= 0.6 is 0 Å². The maximum Gasteiger partial charge on any atom is 0.259 e. The number of ether oxygens (including phenoxy) is 1. The van der Waals surface area contributed by atoms with Gasteiger partial charge in [0.1, 0.15) is 16.8 Å². The number of amides is 1. The molecule has 4 aromatic carbocycles. The number of hydrogen-bond acceptors (Lipinski definition) is 4. The average Bonchev–Trinajstić information content (AvgIpc) is 3.22. The molecule has 0 saturated heterocycles. The van der Waals surface area contributed by atoms with E-state index < -0.39 is 0 Å². The molecule has 0 aliphatic carbocycles. The Labute approximate surface area is 172 Å². The number of para-hydroxylation sites is 1. The van der Waals surface area contributed by atoms with E-state index in [1.165, 1.54) is 0 Å². The zero-order valence-electron chi connectivity index (χ0n) is 16.2. The van der Waals surface area contributed by atoms with Crippen molar-refractivity contribution in [2.24, 2.45) is 0 Å². The van der Waals surface area contributed by atoms with Crippen LogP contribution in [0.25, 0.3) is 27.5 Å². The van der Waals surface area contributed by atoms with E-state index in [2.05, 4.69) is 15.5 Å².